The molecule has 6 heteroatoms. The number of benzene rings is 1. The van der Waals surface area contributed by atoms with Crippen LogP contribution in [0, 0.1) is 6.92 Å². The third-order valence-corrected chi connectivity index (χ3v) is 2.44. The standard InChI is InChI=1S/C13H18N2O4/c1-9-2-4-10(5-3-9)19-7-6-12(17)15-8-11(16)13(14)18/h2-5,11,16H,6-8H2,1H3,(H2,14,18)(H,15,17). The maximum absolute atomic E-state index is 11.4. The summed E-state index contributed by atoms with van der Waals surface area (Å²) >= 11 is 0. The van der Waals surface area contributed by atoms with Crippen molar-refractivity contribution in [3.8, 4) is 5.75 Å². The Morgan fingerprint density at radius 1 is 1.37 bits per heavy atom. The zero-order valence-electron chi connectivity index (χ0n) is 10.8. The average molecular weight is 266 g/mol. The minimum atomic E-state index is -1.36. The van der Waals surface area contributed by atoms with Crippen molar-refractivity contribution in [2.75, 3.05) is 13.2 Å². The number of nitrogens with two attached hydrogens (primary N) is 1. The van der Waals surface area contributed by atoms with Crippen molar-refractivity contribution in [1.29, 1.82) is 0 Å². The molecule has 0 heterocycles. The first kappa shape index (κ1) is 15.0. The summed E-state index contributed by atoms with van der Waals surface area (Å²) in [4.78, 5) is 21.9. The number of nitrogens with one attached hydrogen (secondary N) is 1. The van der Waals surface area contributed by atoms with Crippen LogP contribution >= 0.6 is 0 Å². The molecule has 19 heavy (non-hydrogen) atoms. The number of hydrogen-bond acceptors (Lipinski definition) is 4. The van der Waals surface area contributed by atoms with Gasteiger partial charge in [0.15, 0.2) is 0 Å². The maximum Gasteiger partial charge on any atom is 0.248 e. The van der Waals surface area contributed by atoms with E-state index in [1.807, 2.05) is 31.2 Å². The molecule has 0 aliphatic rings. The van der Waals surface area contributed by atoms with Gasteiger partial charge in [0.2, 0.25) is 11.8 Å². The summed E-state index contributed by atoms with van der Waals surface area (Å²) in [5.74, 6) is -0.487. The van der Waals surface area contributed by atoms with Gasteiger partial charge in [-0.25, -0.2) is 0 Å². The first-order chi connectivity index (χ1) is 8.99. The lowest BCUT2D eigenvalue weighted by Crippen LogP contribution is -2.40. The highest BCUT2D eigenvalue weighted by Crippen LogP contribution is 2.11. The smallest absolute Gasteiger partial charge is 0.248 e. The maximum atomic E-state index is 11.4. The van der Waals surface area contributed by atoms with Crippen LogP contribution in [-0.2, 0) is 9.59 Å². The fourth-order valence-corrected chi connectivity index (χ4v) is 1.30. The molecule has 0 saturated heterocycles. The molecule has 1 aromatic carbocycles. The lowest BCUT2D eigenvalue weighted by Gasteiger charge is -2.09. The Labute approximate surface area is 111 Å². The lowest BCUT2D eigenvalue weighted by molar-refractivity contribution is -0.127. The van der Waals surface area contributed by atoms with Gasteiger partial charge in [-0.3, -0.25) is 9.59 Å². The Morgan fingerprint density at radius 2 is 2.00 bits per heavy atom. The Morgan fingerprint density at radius 3 is 2.58 bits per heavy atom. The van der Waals surface area contributed by atoms with E-state index in [1.54, 1.807) is 0 Å². The van der Waals surface area contributed by atoms with E-state index < -0.39 is 12.0 Å². The zero-order valence-corrected chi connectivity index (χ0v) is 10.8. The molecule has 1 aromatic rings. The van der Waals surface area contributed by atoms with Crippen molar-refractivity contribution in [1.82, 2.24) is 5.32 Å². The van der Waals surface area contributed by atoms with Crippen LogP contribution in [0.3, 0.4) is 0 Å². The highest BCUT2D eigenvalue weighted by Gasteiger charge is 2.11. The first-order valence-electron chi connectivity index (χ1n) is 5.92. The van der Waals surface area contributed by atoms with Crippen LogP contribution in [0.25, 0.3) is 0 Å². The van der Waals surface area contributed by atoms with Crippen LogP contribution in [0.4, 0.5) is 0 Å². The molecule has 1 rings (SSSR count). The van der Waals surface area contributed by atoms with Crippen LogP contribution in [0.5, 0.6) is 5.75 Å². The molecule has 2 amide bonds. The van der Waals surface area contributed by atoms with E-state index in [0.29, 0.717) is 5.75 Å². The highest BCUT2D eigenvalue weighted by atomic mass is 16.5. The summed E-state index contributed by atoms with van der Waals surface area (Å²) in [6.07, 6.45) is -1.22. The second-order valence-electron chi connectivity index (χ2n) is 4.13. The molecule has 6 nitrogen and oxygen atoms in total. The molecule has 104 valence electrons. The molecule has 0 aromatic heterocycles. The highest BCUT2D eigenvalue weighted by molar-refractivity contribution is 5.80. The van der Waals surface area contributed by atoms with E-state index in [1.165, 1.54) is 0 Å². The van der Waals surface area contributed by atoms with Crippen molar-refractivity contribution >= 4 is 11.8 Å². The van der Waals surface area contributed by atoms with E-state index in [-0.39, 0.29) is 25.5 Å². The number of ether oxygens (including phenoxy) is 1. The molecule has 1 unspecified atom stereocenters. The van der Waals surface area contributed by atoms with E-state index in [0.717, 1.165) is 5.56 Å². The van der Waals surface area contributed by atoms with Crippen molar-refractivity contribution in [3.63, 3.8) is 0 Å². The van der Waals surface area contributed by atoms with Gasteiger partial charge in [0, 0.05) is 0 Å². The minimum Gasteiger partial charge on any atom is -0.493 e. The van der Waals surface area contributed by atoms with Gasteiger partial charge in [-0.05, 0) is 19.1 Å². The molecule has 0 saturated carbocycles. The van der Waals surface area contributed by atoms with Crippen LogP contribution < -0.4 is 15.8 Å². The molecule has 4 N–H and O–H groups in total. The molecule has 0 spiro atoms. The van der Waals surface area contributed by atoms with Gasteiger partial charge in [-0.2, -0.15) is 0 Å². The summed E-state index contributed by atoms with van der Waals surface area (Å²) in [7, 11) is 0. The van der Waals surface area contributed by atoms with Gasteiger partial charge in [0.05, 0.1) is 19.6 Å². The third-order valence-electron chi connectivity index (χ3n) is 2.44. The van der Waals surface area contributed by atoms with Gasteiger partial charge in [0.25, 0.3) is 0 Å². The Balaban J connectivity index is 2.20. The SMILES string of the molecule is Cc1ccc(OCCC(=O)NCC(O)C(N)=O)cc1. The second-order valence-corrected chi connectivity index (χ2v) is 4.13. The van der Waals surface area contributed by atoms with Crippen molar-refractivity contribution in [2.24, 2.45) is 5.73 Å². The van der Waals surface area contributed by atoms with Gasteiger partial charge >= 0.3 is 0 Å². The third kappa shape index (κ3) is 5.87. The zero-order chi connectivity index (χ0) is 14.3. The number of aliphatic hydroxyl groups excluding tert-OH is 1. The minimum absolute atomic E-state index is 0.138. The Bertz CT molecular complexity index is 431. The number of aryl methyl sites for hydroxylation is 1. The predicted octanol–water partition coefficient (Wildman–Crippen LogP) is -0.274. The number of hydrogen-bond donors (Lipinski definition) is 3. The van der Waals surface area contributed by atoms with E-state index in [4.69, 9.17) is 15.6 Å². The molecular weight excluding hydrogens is 248 g/mol. The van der Waals surface area contributed by atoms with Crippen LogP contribution in [0.2, 0.25) is 0 Å². The number of primary amides is 1. The molecular formula is C13H18N2O4. The fourth-order valence-electron chi connectivity index (χ4n) is 1.30. The summed E-state index contributed by atoms with van der Waals surface area (Å²) < 4.78 is 5.37. The second kappa shape index (κ2) is 7.38. The first-order valence-corrected chi connectivity index (χ1v) is 5.92. The summed E-state index contributed by atoms with van der Waals surface area (Å²) in [5.41, 5.74) is 5.98. The number of aliphatic hydroxyl groups is 1. The van der Waals surface area contributed by atoms with Gasteiger partial charge in [-0.1, -0.05) is 17.7 Å². The Kier molecular flexibility index (Phi) is 5.81. The predicted molar refractivity (Wildman–Crippen MR) is 69.5 cm³/mol. The van der Waals surface area contributed by atoms with Crippen molar-refractivity contribution in [3.05, 3.63) is 29.8 Å². The molecule has 0 fully saturated rings. The van der Waals surface area contributed by atoms with Crippen LogP contribution in [0.15, 0.2) is 24.3 Å². The summed E-state index contributed by atoms with van der Waals surface area (Å²) in [5, 5.41) is 11.5. The van der Waals surface area contributed by atoms with E-state index in [2.05, 4.69) is 5.32 Å². The molecule has 0 aliphatic carbocycles. The molecule has 0 bridgehead atoms. The molecule has 0 radical (unpaired) electrons. The number of amides is 2. The monoisotopic (exact) mass is 266 g/mol. The van der Waals surface area contributed by atoms with Crippen LogP contribution in [-0.4, -0.2) is 36.2 Å². The topological polar surface area (TPSA) is 102 Å². The van der Waals surface area contributed by atoms with Crippen molar-refractivity contribution in [2.45, 2.75) is 19.4 Å². The van der Waals surface area contributed by atoms with E-state index in [9.17, 15) is 9.59 Å². The molecule has 0 aliphatic heterocycles. The van der Waals surface area contributed by atoms with Gasteiger partial charge < -0.3 is 20.9 Å². The number of carbonyl (C=O) groups excluding carboxylic acids is 2. The average Bonchev–Trinajstić information content (AvgIpc) is 2.38. The van der Waals surface area contributed by atoms with Gasteiger partial charge in [-0.15, -0.1) is 0 Å². The molecule has 1 atom stereocenters. The van der Waals surface area contributed by atoms with Crippen LogP contribution in [0.1, 0.15) is 12.0 Å². The normalized spacial score (nSPS) is 11.7. The number of carbonyl (C=O) groups is 2. The van der Waals surface area contributed by atoms with Crippen molar-refractivity contribution < 1.29 is 19.4 Å². The van der Waals surface area contributed by atoms with Gasteiger partial charge in [0.1, 0.15) is 11.9 Å². The summed E-state index contributed by atoms with van der Waals surface area (Å²) in [6.45, 7) is 2.02. The fraction of sp³-hybridized carbons (Fsp3) is 0.385. The summed E-state index contributed by atoms with van der Waals surface area (Å²) in [6, 6.07) is 7.48. The largest absolute Gasteiger partial charge is 0.493 e. The number of rotatable bonds is 7. The lowest BCUT2D eigenvalue weighted by atomic mass is 10.2. The van der Waals surface area contributed by atoms with E-state index >= 15 is 0 Å². The Hall–Kier alpha value is -2.08. The quantitative estimate of drug-likeness (QED) is 0.632.